The van der Waals surface area contributed by atoms with Crippen LogP contribution in [0.1, 0.15) is 71.1 Å². The van der Waals surface area contributed by atoms with E-state index in [0.29, 0.717) is 29.6 Å². The summed E-state index contributed by atoms with van der Waals surface area (Å²) in [7, 11) is 3.26. The Bertz CT molecular complexity index is 1180. The van der Waals surface area contributed by atoms with Gasteiger partial charge in [0.05, 0.1) is 26.2 Å². The van der Waals surface area contributed by atoms with E-state index in [0.717, 1.165) is 49.0 Å². The number of methoxy groups -OCH3 is 2. The van der Waals surface area contributed by atoms with Crippen molar-refractivity contribution in [1.29, 1.82) is 0 Å². The Labute approximate surface area is 219 Å². The van der Waals surface area contributed by atoms with E-state index in [1.807, 2.05) is 41.3 Å². The number of ether oxygens (including phenoxy) is 2. The summed E-state index contributed by atoms with van der Waals surface area (Å²) < 4.78 is 11.2. The van der Waals surface area contributed by atoms with Crippen molar-refractivity contribution in [2.75, 3.05) is 46.9 Å². The second kappa shape index (κ2) is 10.0. The van der Waals surface area contributed by atoms with Gasteiger partial charge in [0.25, 0.3) is 5.91 Å². The maximum Gasteiger partial charge on any atom is 0.254 e. The lowest BCUT2D eigenvalue weighted by atomic mass is 9.75. The molecule has 7 heteroatoms. The lowest BCUT2D eigenvalue weighted by molar-refractivity contribution is -0.136. The fourth-order valence-electron chi connectivity index (χ4n) is 7.05. The zero-order valence-corrected chi connectivity index (χ0v) is 21.9. The molecular weight excluding hydrogens is 466 g/mol. The number of likely N-dealkylation sites (tertiary alicyclic amines) is 2. The number of rotatable bonds is 4. The lowest BCUT2D eigenvalue weighted by Crippen LogP contribution is -2.53. The Morgan fingerprint density at radius 3 is 2.30 bits per heavy atom. The van der Waals surface area contributed by atoms with Crippen LogP contribution in [0, 0.1) is 0 Å². The van der Waals surface area contributed by atoms with Crippen molar-refractivity contribution in [2.45, 2.75) is 56.5 Å². The molecule has 2 fully saturated rings. The molecule has 4 heterocycles. The van der Waals surface area contributed by atoms with E-state index in [9.17, 15) is 9.59 Å². The van der Waals surface area contributed by atoms with Gasteiger partial charge in [-0.1, -0.05) is 24.6 Å². The van der Waals surface area contributed by atoms with E-state index in [2.05, 4.69) is 9.80 Å². The molecule has 0 N–H and O–H groups in total. The van der Waals surface area contributed by atoms with Crippen LogP contribution in [0.3, 0.4) is 0 Å². The summed E-state index contributed by atoms with van der Waals surface area (Å²) in [4.78, 5) is 34.6. The first-order chi connectivity index (χ1) is 18.1. The first kappa shape index (κ1) is 24.3. The third-order valence-corrected chi connectivity index (χ3v) is 8.97. The van der Waals surface area contributed by atoms with Crippen molar-refractivity contribution in [3.63, 3.8) is 0 Å². The highest BCUT2D eigenvalue weighted by Crippen LogP contribution is 2.49. The molecule has 2 aromatic rings. The average molecular weight is 504 g/mol. The molecular formula is C30H37N3O4. The van der Waals surface area contributed by atoms with Crippen molar-refractivity contribution in [2.24, 2.45) is 0 Å². The van der Waals surface area contributed by atoms with Crippen LogP contribution in [-0.2, 0) is 11.2 Å². The van der Waals surface area contributed by atoms with Gasteiger partial charge in [0.2, 0.25) is 5.91 Å². The van der Waals surface area contributed by atoms with E-state index in [1.54, 1.807) is 14.2 Å². The summed E-state index contributed by atoms with van der Waals surface area (Å²) in [5.74, 6) is 1.02. The summed E-state index contributed by atoms with van der Waals surface area (Å²) in [5.41, 5.74) is 3.62. The molecule has 37 heavy (non-hydrogen) atoms. The Hall–Kier alpha value is -3.06. The number of benzene rings is 2. The zero-order chi connectivity index (χ0) is 25.5. The summed E-state index contributed by atoms with van der Waals surface area (Å²) >= 11 is 0. The van der Waals surface area contributed by atoms with Crippen LogP contribution in [0.25, 0.3) is 0 Å². The van der Waals surface area contributed by atoms with E-state index < -0.39 is 5.92 Å². The molecule has 196 valence electrons. The van der Waals surface area contributed by atoms with Crippen LogP contribution in [0.4, 0.5) is 0 Å². The monoisotopic (exact) mass is 503 g/mol. The second-order valence-electron chi connectivity index (χ2n) is 10.8. The molecule has 0 radical (unpaired) electrons. The minimum Gasteiger partial charge on any atom is -0.493 e. The van der Waals surface area contributed by atoms with E-state index >= 15 is 0 Å². The van der Waals surface area contributed by atoms with Gasteiger partial charge in [-0.05, 0) is 80.1 Å². The molecule has 2 saturated heterocycles. The zero-order valence-electron chi connectivity index (χ0n) is 21.9. The van der Waals surface area contributed by atoms with Crippen molar-refractivity contribution < 1.29 is 19.1 Å². The molecule has 4 aliphatic heterocycles. The fraction of sp³-hybridized carbons (Fsp3) is 0.533. The van der Waals surface area contributed by atoms with Gasteiger partial charge in [0.15, 0.2) is 11.5 Å². The maximum atomic E-state index is 14.4. The lowest BCUT2D eigenvalue weighted by Gasteiger charge is -2.47. The number of amides is 2. The SMILES string of the molecule is COc1cc2c(cc1OC)[C@@H]1[C@@H](C(=O)N3CCC(N4CCCCC4)CC3)c3ccccc3C(=O)N1CC2. The highest BCUT2D eigenvalue weighted by Gasteiger charge is 2.48. The van der Waals surface area contributed by atoms with Gasteiger partial charge in [-0.2, -0.15) is 0 Å². The van der Waals surface area contributed by atoms with Crippen LogP contribution < -0.4 is 9.47 Å². The molecule has 4 aliphatic rings. The number of piperidine rings is 2. The number of carbonyl (C=O) groups is 2. The first-order valence-corrected chi connectivity index (χ1v) is 13.8. The summed E-state index contributed by atoms with van der Waals surface area (Å²) in [6.07, 6.45) is 6.68. The fourth-order valence-corrected chi connectivity index (χ4v) is 7.05. The molecule has 2 aromatic carbocycles. The van der Waals surface area contributed by atoms with Crippen LogP contribution in [0.15, 0.2) is 36.4 Å². The van der Waals surface area contributed by atoms with E-state index in [4.69, 9.17) is 9.47 Å². The Morgan fingerprint density at radius 2 is 1.57 bits per heavy atom. The highest BCUT2D eigenvalue weighted by atomic mass is 16.5. The molecule has 0 bridgehead atoms. The van der Waals surface area contributed by atoms with Gasteiger partial charge in [-0.25, -0.2) is 0 Å². The van der Waals surface area contributed by atoms with Gasteiger partial charge >= 0.3 is 0 Å². The molecule has 2 amide bonds. The Morgan fingerprint density at radius 1 is 0.865 bits per heavy atom. The number of carbonyl (C=O) groups excluding carboxylic acids is 2. The normalized spacial score (nSPS) is 24.2. The number of nitrogens with zero attached hydrogens (tertiary/aromatic N) is 3. The number of hydrogen-bond acceptors (Lipinski definition) is 5. The smallest absolute Gasteiger partial charge is 0.254 e. The van der Waals surface area contributed by atoms with Crippen LogP contribution in [-0.4, -0.2) is 79.5 Å². The van der Waals surface area contributed by atoms with Gasteiger partial charge in [-0.3, -0.25) is 9.59 Å². The summed E-state index contributed by atoms with van der Waals surface area (Å²) in [6.45, 7) is 4.52. The molecule has 2 atom stereocenters. The maximum absolute atomic E-state index is 14.4. The molecule has 0 spiro atoms. The molecule has 0 unspecified atom stereocenters. The van der Waals surface area contributed by atoms with Gasteiger partial charge < -0.3 is 24.2 Å². The molecule has 6 rings (SSSR count). The molecule has 0 saturated carbocycles. The van der Waals surface area contributed by atoms with Crippen molar-refractivity contribution in [1.82, 2.24) is 14.7 Å². The topological polar surface area (TPSA) is 62.3 Å². The standard InChI is InChI=1S/C30H37N3O4/c1-36-25-18-20-10-17-33-28(24(20)19-26(25)37-2)27(22-8-4-5-9-23(22)29(33)34)30(35)32-15-11-21(12-16-32)31-13-6-3-7-14-31/h4-5,8-9,18-19,21,27-28H,3,6-7,10-17H2,1-2H3/t27-,28+/m0/s1. The Balaban J connectivity index is 1.35. The largest absolute Gasteiger partial charge is 0.493 e. The van der Waals surface area contributed by atoms with Crippen molar-refractivity contribution in [3.8, 4) is 11.5 Å². The quantitative estimate of drug-likeness (QED) is 0.631. The third-order valence-electron chi connectivity index (χ3n) is 8.97. The Kier molecular flexibility index (Phi) is 6.57. The van der Waals surface area contributed by atoms with Gasteiger partial charge in [0, 0.05) is 31.2 Å². The van der Waals surface area contributed by atoms with E-state index in [1.165, 1.54) is 32.4 Å². The molecule has 0 aliphatic carbocycles. The first-order valence-electron chi connectivity index (χ1n) is 13.8. The number of fused-ring (bicyclic) bond motifs is 4. The molecule has 7 nitrogen and oxygen atoms in total. The molecule has 0 aromatic heterocycles. The van der Waals surface area contributed by atoms with E-state index in [-0.39, 0.29) is 17.9 Å². The predicted octanol–water partition coefficient (Wildman–Crippen LogP) is 4.02. The predicted molar refractivity (Wildman–Crippen MR) is 141 cm³/mol. The highest BCUT2D eigenvalue weighted by molar-refractivity contribution is 6.01. The summed E-state index contributed by atoms with van der Waals surface area (Å²) in [5, 5.41) is 0. The van der Waals surface area contributed by atoms with Gasteiger partial charge in [0.1, 0.15) is 0 Å². The number of hydrogen-bond donors (Lipinski definition) is 0. The third kappa shape index (κ3) is 4.17. The van der Waals surface area contributed by atoms with Crippen molar-refractivity contribution >= 4 is 11.8 Å². The summed E-state index contributed by atoms with van der Waals surface area (Å²) in [6, 6.07) is 11.9. The van der Waals surface area contributed by atoms with Gasteiger partial charge in [-0.15, -0.1) is 0 Å². The minimum absolute atomic E-state index is 0.00823. The van der Waals surface area contributed by atoms with Crippen molar-refractivity contribution in [3.05, 3.63) is 58.7 Å². The second-order valence-corrected chi connectivity index (χ2v) is 10.8. The average Bonchev–Trinajstić information content (AvgIpc) is 2.96. The van der Waals surface area contributed by atoms with Crippen LogP contribution in [0.2, 0.25) is 0 Å². The van der Waals surface area contributed by atoms with Crippen LogP contribution in [0.5, 0.6) is 11.5 Å². The minimum atomic E-state index is -0.433. The van der Waals surface area contributed by atoms with Crippen LogP contribution >= 0.6 is 0 Å².